The predicted molar refractivity (Wildman–Crippen MR) is 80.7 cm³/mol. The second-order valence-corrected chi connectivity index (χ2v) is 5.61. The Labute approximate surface area is 125 Å². The largest absolute Gasteiger partial charge is 0.481 e. The number of unbranched alkanes of at least 4 members (excludes halogenated alkanes) is 2. The summed E-state index contributed by atoms with van der Waals surface area (Å²) in [6, 6.07) is 0. The van der Waals surface area contributed by atoms with E-state index in [0.717, 1.165) is 48.2 Å². The maximum Gasteiger partial charge on any atom is 0.307 e. The molecule has 1 aliphatic heterocycles. The number of carboxylic acid groups (broad SMARTS) is 2. The van der Waals surface area contributed by atoms with Crippen molar-refractivity contribution in [3.05, 3.63) is 22.5 Å². The fourth-order valence-corrected chi connectivity index (χ4v) is 2.96. The minimum Gasteiger partial charge on any atom is -0.481 e. The number of rotatable bonds is 8. The average Bonchev–Trinajstić information content (AvgIpc) is 2.37. The van der Waals surface area contributed by atoms with E-state index in [1.165, 1.54) is 0 Å². The molecule has 0 bridgehead atoms. The van der Waals surface area contributed by atoms with Gasteiger partial charge in [0.05, 0.1) is 12.8 Å². The van der Waals surface area contributed by atoms with Crippen molar-refractivity contribution in [2.24, 2.45) is 5.92 Å². The minimum atomic E-state index is -0.874. The highest BCUT2D eigenvalue weighted by atomic mass is 16.4. The Balaban J connectivity index is 3.05. The fraction of sp³-hybridized carbons (Fsp3) is 0.625. The van der Waals surface area contributed by atoms with Crippen molar-refractivity contribution >= 4 is 11.9 Å². The van der Waals surface area contributed by atoms with Gasteiger partial charge in [-0.1, -0.05) is 26.2 Å². The zero-order valence-electron chi connectivity index (χ0n) is 13.0. The van der Waals surface area contributed by atoms with Crippen molar-refractivity contribution in [3.63, 3.8) is 0 Å². The van der Waals surface area contributed by atoms with Crippen LogP contribution in [0.15, 0.2) is 22.5 Å². The van der Waals surface area contributed by atoms with Gasteiger partial charge in [-0.25, -0.2) is 0 Å². The summed E-state index contributed by atoms with van der Waals surface area (Å²) in [6.45, 7) is 5.85. The molecule has 0 atom stereocenters. The first-order chi connectivity index (χ1) is 9.86. The topological polar surface area (TPSA) is 86.6 Å². The van der Waals surface area contributed by atoms with E-state index in [-0.39, 0.29) is 18.8 Å². The summed E-state index contributed by atoms with van der Waals surface area (Å²) in [5, 5.41) is 21.4. The van der Waals surface area contributed by atoms with E-state index in [1.54, 1.807) is 0 Å². The average molecular weight is 295 g/mol. The van der Waals surface area contributed by atoms with Crippen LogP contribution in [0, 0.1) is 5.92 Å². The third-order valence-corrected chi connectivity index (χ3v) is 3.96. The molecule has 0 saturated carbocycles. The Morgan fingerprint density at radius 3 is 1.86 bits per heavy atom. The van der Waals surface area contributed by atoms with Crippen molar-refractivity contribution in [2.75, 3.05) is 0 Å². The summed E-state index contributed by atoms with van der Waals surface area (Å²) in [7, 11) is 0. The summed E-state index contributed by atoms with van der Waals surface area (Å²) >= 11 is 0. The van der Waals surface area contributed by atoms with Crippen LogP contribution in [0.2, 0.25) is 0 Å². The highest BCUT2D eigenvalue weighted by Gasteiger charge is 2.29. The molecule has 0 aliphatic carbocycles. The Hall–Kier alpha value is -1.78. The molecule has 0 aromatic rings. The van der Waals surface area contributed by atoms with E-state index < -0.39 is 11.9 Å². The first kappa shape index (κ1) is 17.3. The molecule has 1 heterocycles. The van der Waals surface area contributed by atoms with Gasteiger partial charge in [0.15, 0.2) is 0 Å². The molecule has 0 spiro atoms. The molecule has 0 radical (unpaired) electrons. The monoisotopic (exact) mass is 295 g/mol. The van der Waals surface area contributed by atoms with Crippen LogP contribution in [0.1, 0.15) is 59.3 Å². The van der Waals surface area contributed by atoms with Crippen LogP contribution in [-0.2, 0) is 9.59 Å². The summed E-state index contributed by atoms with van der Waals surface area (Å²) in [4.78, 5) is 22.2. The highest BCUT2D eigenvalue weighted by Crippen LogP contribution is 2.36. The van der Waals surface area contributed by atoms with Gasteiger partial charge in [0.1, 0.15) is 0 Å². The van der Waals surface area contributed by atoms with Gasteiger partial charge < -0.3 is 15.5 Å². The maximum absolute atomic E-state index is 11.1. The summed E-state index contributed by atoms with van der Waals surface area (Å²) < 4.78 is 0. The van der Waals surface area contributed by atoms with Gasteiger partial charge in [0, 0.05) is 17.3 Å². The predicted octanol–water partition coefficient (Wildman–Crippen LogP) is 3.28. The normalized spacial score (nSPS) is 16.1. The highest BCUT2D eigenvalue weighted by molar-refractivity contribution is 5.73. The molecule has 1 rings (SSSR count). The van der Waals surface area contributed by atoms with E-state index >= 15 is 0 Å². The summed E-state index contributed by atoms with van der Waals surface area (Å²) in [6.07, 6.45) is 3.88. The molecule has 3 N–H and O–H groups in total. The number of carboxylic acids is 2. The van der Waals surface area contributed by atoms with Gasteiger partial charge in [-0.3, -0.25) is 9.59 Å². The smallest absolute Gasteiger partial charge is 0.307 e. The van der Waals surface area contributed by atoms with Crippen LogP contribution >= 0.6 is 0 Å². The van der Waals surface area contributed by atoms with Crippen LogP contribution in [0.3, 0.4) is 0 Å². The van der Waals surface area contributed by atoms with Gasteiger partial charge in [0.2, 0.25) is 0 Å². The van der Waals surface area contributed by atoms with E-state index in [9.17, 15) is 9.59 Å². The van der Waals surface area contributed by atoms with Gasteiger partial charge in [-0.2, -0.15) is 0 Å². The van der Waals surface area contributed by atoms with Crippen molar-refractivity contribution in [1.82, 2.24) is 5.32 Å². The molecule has 5 heteroatoms. The third-order valence-electron chi connectivity index (χ3n) is 3.96. The van der Waals surface area contributed by atoms with Crippen LogP contribution in [-0.4, -0.2) is 22.2 Å². The number of aliphatic carboxylic acids is 2. The SMILES string of the molecule is CCCCCC1C(CC(=O)O)=C(C)NC(C)=C1CC(=O)O. The van der Waals surface area contributed by atoms with Gasteiger partial charge >= 0.3 is 11.9 Å². The number of nitrogens with one attached hydrogen (secondary N) is 1. The molecule has 21 heavy (non-hydrogen) atoms. The zero-order valence-corrected chi connectivity index (χ0v) is 13.0. The number of allylic oxidation sites excluding steroid dienone is 2. The molecule has 0 fully saturated rings. The second kappa shape index (κ2) is 7.86. The fourth-order valence-electron chi connectivity index (χ4n) is 2.96. The third kappa shape index (κ3) is 4.92. The van der Waals surface area contributed by atoms with Crippen molar-refractivity contribution in [1.29, 1.82) is 0 Å². The van der Waals surface area contributed by atoms with Gasteiger partial charge in [0.25, 0.3) is 0 Å². The lowest BCUT2D eigenvalue weighted by atomic mass is 9.79. The van der Waals surface area contributed by atoms with Gasteiger partial charge in [-0.05, 0) is 31.4 Å². The van der Waals surface area contributed by atoms with Crippen molar-refractivity contribution in [3.8, 4) is 0 Å². The van der Waals surface area contributed by atoms with Gasteiger partial charge in [-0.15, -0.1) is 0 Å². The number of hydrogen-bond donors (Lipinski definition) is 3. The Morgan fingerprint density at radius 2 is 1.48 bits per heavy atom. The molecule has 0 amide bonds. The zero-order chi connectivity index (χ0) is 16.0. The molecule has 5 nitrogen and oxygen atoms in total. The van der Waals surface area contributed by atoms with E-state index in [1.807, 2.05) is 13.8 Å². The molecular formula is C16H25NO4. The summed E-state index contributed by atoms with van der Waals surface area (Å²) in [5.74, 6) is -1.81. The first-order valence-electron chi connectivity index (χ1n) is 7.46. The molecule has 1 aliphatic rings. The molecule has 0 unspecified atom stereocenters. The van der Waals surface area contributed by atoms with E-state index in [4.69, 9.17) is 10.2 Å². The number of carbonyl (C=O) groups is 2. The lowest BCUT2D eigenvalue weighted by molar-refractivity contribution is -0.137. The van der Waals surface area contributed by atoms with Crippen molar-refractivity contribution in [2.45, 2.75) is 59.3 Å². The van der Waals surface area contributed by atoms with E-state index in [0.29, 0.717) is 0 Å². The quantitative estimate of drug-likeness (QED) is 0.598. The molecule has 0 aromatic carbocycles. The van der Waals surface area contributed by atoms with Crippen LogP contribution in [0.5, 0.6) is 0 Å². The minimum absolute atomic E-state index is 0.0357. The standard InChI is InChI=1S/C16H25NO4/c1-4-5-6-7-12-13(8-15(18)19)10(2)17-11(3)14(12)9-16(20)21/h12,17H,4-9H2,1-3H3,(H,18,19)(H,20,21). The molecule has 0 saturated heterocycles. The molecular weight excluding hydrogens is 270 g/mol. The maximum atomic E-state index is 11.1. The molecule has 0 aromatic heterocycles. The molecule has 118 valence electrons. The van der Waals surface area contributed by atoms with E-state index in [2.05, 4.69) is 12.2 Å². The van der Waals surface area contributed by atoms with Crippen molar-refractivity contribution < 1.29 is 19.8 Å². The Kier molecular flexibility index (Phi) is 6.46. The number of hydrogen-bond acceptors (Lipinski definition) is 3. The lowest BCUT2D eigenvalue weighted by Crippen LogP contribution is -2.28. The Bertz CT molecular complexity index is 439. The van der Waals surface area contributed by atoms with Crippen LogP contribution in [0.25, 0.3) is 0 Å². The first-order valence-corrected chi connectivity index (χ1v) is 7.46. The second-order valence-electron chi connectivity index (χ2n) is 5.61. The van der Waals surface area contributed by atoms with Crippen LogP contribution in [0.4, 0.5) is 0 Å². The lowest BCUT2D eigenvalue weighted by Gasteiger charge is -2.31. The number of dihydropyridines is 1. The van der Waals surface area contributed by atoms with Crippen LogP contribution < -0.4 is 5.32 Å². The Morgan fingerprint density at radius 1 is 1.00 bits per heavy atom. The summed E-state index contributed by atoms with van der Waals surface area (Å²) in [5.41, 5.74) is 3.34.